The molecule has 0 aliphatic carbocycles. The van der Waals surface area contributed by atoms with Crippen LogP contribution in [0.25, 0.3) is 0 Å². The van der Waals surface area contributed by atoms with Crippen LogP contribution >= 0.6 is 9.29 Å². The molecule has 2 nitrogen and oxygen atoms in total. The molecule has 4 heteroatoms. The molecule has 0 saturated heterocycles. The van der Waals surface area contributed by atoms with E-state index in [4.69, 9.17) is 4.74 Å². The predicted molar refractivity (Wildman–Crippen MR) is 39.6 cm³/mol. The second kappa shape index (κ2) is 5.29. The van der Waals surface area contributed by atoms with Gasteiger partial charge in [-0.1, -0.05) is 0 Å². The van der Waals surface area contributed by atoms with Crippen LogP contribution in [0.5, 0.6) is 0 Å². The zero-order valence-electron chi connectivity index (χ0n) is 5.51. The van der Waals surface area contributed by atoms with Crippen molar-refractivity contribution in [1.29, 1.82) is 0 Å². The van der Waals surface area contributed by atoms with Gasteiger partial charge in [0.1, 0.15) is 0 Å². The Bertz CT molecular complexity index is 116. The van der Waals surface area contributed by atoms with Crippen molar-refractivity contribution in [2.24, 2.45) is 0 Å². The van der Waals surface area contributed by atoms with Gasteiger partial charge in [-0.2, -0.15) is 0 Å². The molecular weight excluding hydrogens is 243 g/mol. The first-order chi connectivity index (χ1) is 4.20. The molecule has 0 aromatic heterocycles. The topological polar surface area (TPSA) is 26.3 Å². The zero-order chi connectivity index (χ0) is 7.28. The summed E-state index contributed by atoms with van der Waals surface area (Å²) < 4.78 is 4.76. The summed E-state index contributed by atoms with van der Waals surface area (Å²) in [7, 11) is 4.64. The Morgan fingerprint density at radius 3 is 2.78 bits per heavy atom. The first-order valence-corrected chi connectivity index (χ1v) is 8.12. The molecule has 0 heterocycles. The van der Waals surface area contributed by atoms with Crippen LogP contribution in [0.2, 0.25) is 0 Å². The summed E-state index contributed by atoms with van der Waals surface area (Å²) >= 11 is -1.23. The van der Waals surface area contributed by atoms with Gasteiger partial charge in [0.05, 0.1) is 0 Å². The Labute approximate surface area is 68.3 Å². The van der Waals surface area contributed by atoms with Gasteiger partial charge in [-0.25, -0.2) is 0 Å². The molecule has 51 valence electrons. The van der Waals surface area contributed by atoms with E-state index in [-0.39, 0.29) is 10.1 Å². The molecule has 1 unspecified atom stereocenters. The van der Waals surface area contributed by atoms with Gasteiger partial charge in [-0.15, -0.1) is 0 Å². The second-order valence-electron chi connectivity index (χ2n) is 1.73. The van der Waals surface area contributed by atoms with E-state index in [1.54, 1.807) is 0 Å². The van der Waals surface area contributed by atoms with Gasteiger partial charge in [0, 0.05) is 0 Å². The van der Waals surface area contributed by atoms with E-state index in [2.05, 4.69) is 9.29 Å². The average Bonchev–Trinajstić information content (AvgIpc) is 1.87. The van der Waals surface area contributed by atoms with Crippen LogP contribution in [-0.4, -0.2) is 29.3 Å². The Hall–Kier alpha value is 0.489. The molecule has 1 atom stereocenters. The number of carbonyl (C=O) groups excluding carboxylic acids is 1. The maximum atomic E-state index is 10.5. The fraction of sp³-hybridized carbons (Fsp3) is 0.800. The fourth-order valence-corrected chi connectivity index (χ4v) is 1.32. The van der Waals surface area contributed by atoms with E-state index < -0.39 is 19.2 Å². The Morgan fingerprint density at radius 1 is 1.89 bits per heavy atom. The number of ether oxygens (including phenoxy) is 1. The van der Waals surface area contributed by atoms with Crippen LogP contribution in [0.15, 0.2) is 0 Å². The first kappa shape index (κ1) is 9.49. The van der Waals surface area contributed by atoms with Gasteiger partial charge in [0.2, 0.25) is 0 Å². The van der Waals surface area contributed by atoms with Crippen LogP contribution in [-0.2, 0) is 4.74 Å². The number of rotatable bonds is 3. The van der Waals surface area contributed by atoms with Crippen molar-refractivity contribution < 1.29 is 9.53 Å². The molecule has 0 N–H and O–H groups in total. The van der Waals surface area contributed by atoms with E-state index in [0.717, 1.165) is 6.42 Å². The van der Waals surface area contributed by atoms with E-state index in [1.807, 2.05) is 13.8 Å². The Morgan fingerprint density at radius 2 is 2.44 bits per heavy atom. The first-order valence-electron chi connectivity index (χ1n) is 2.79. The second-order valence-corrected chi connectivity index (χ2v) is 4.84. The SMILES string of the molecule is CCC(C)O[C](=O)[Sn]=[S]. The molecule has 0 spiro atoms. The Balaban J connectivity index is 3.46. The van der Waals surface area contributed by atoms with Crippen molar-refractivity contribution >= 4 is 32.5 Å². The molecule has 0 rings (SSSR count). The summed E-state index contributed by atoms with van der Waals surface area (Å²) in [5.74, 6) is 0. The molecule has 9 heavy (non-hydrogen) atoms. The monoisotopic (exact) mass is 253 g/mol. The quantitative estimate of drug-likeness (QED) is 0.715. The van der Waals surface area contributed by atoms with Crippen LogP contribution in [0, 0.1) is 0 Å². The van der Waals surface area contributed by atoms with Gasteiger partial charge >= 0.3 is 68.4 Å². The number of hydrogen-bond acceptors (Lipinski definition) is 3. The third kappa shape index (κ3) is 4.96. The van der Waals surface area contributed by atoms with E-state index in [1.165, 1.54) is 0 Å². The van der Waals surface area contributed by atoms with Crippen molar-refractivity contribution in [2.45, 2.75) is 26.4 Å². The third-order valence-electron chi connectivity index (χ3n) is 0.966. The van der Waals surface area contributed by atoms with Gasteiger partial charge in [0.15, 0.2) is 0 Å². The van der Waals surface area contributed by atoms with E-state index in [9.17, 15) is 4.79 Å². The van der Waals surface area contributed by atoms with Crippen LogP contribution in [0.4, 0.5) is 4.79 Å². The van der Waals surface area contributed by atoms with Crippen molar-refractivity contribution in [2.75, 3.05) is 0 Å². The molecule has 0 bridgehead atoms. The summed E-state index contributed by atoms with van der Waals surface area (Å²) in [5, 5.41) is 0. The molecule has 0 saturated carbocycles. The average molecular weight is 252 g/mol. The zero-order valence-corrected chi connectivity index (χ0v) is 9.18. The summed E-state index contributed by atoms with van der Waals surface area (Å²) in [6.45, 7) is 3.86. The van der Waals surface area contributed by atoms with E-state index >= 15 is 0 Å². The molecule has 0 aliphatic heterocycles. The van der Waals surface area contributed by atoms with Crippen molar-refractivity contribution in [3.8, 4) is 0 Å². The summed E-state index contributed by atoms with van der Waals surface area (Å²) in [4.78, 5) is 10.5. The van der Waals surface area contributed by atoms with Crippen LogP contribution in [0.3, 0.4) is 0 Å². The minimum absolute atomic E-state index is 0.0568. The molecule has 1 radical (unpaired) electrons. The van der Waals surface area contributed by atoms with Gasteiger partial charge in [0.25, 0.3) is 0 Å². The molecule has 0 aliphatic rings. The summed E-state index contributed by atoms with van der Waals surface area (Å²) in [6.07, 6.45) is 0.932. The fourth-order valence-electron chi connectivity index (χ4n) is 0.290. The summed E-state index contributed by atoms with van der Waals surface area (Å²) in [5.41, 5.74) is 0. The van der Waals surface area contributed by atoms with Gasteiger partial charge < -0.3 is 0 Å². The normalized spacial score (nSPS) is 12.2. The van der Waals surface area contributed by atoms with Crippen LogP contribution < -0.4 is 0 Å². The van der Waals surface area contributed by atoms with Crippen molar-refractivity contribution in [1.82, 2.24) is 0 Å². The molecule has 0 aromatic carbocycles. The molecule has 0 fully saturated rings. The molecular formula is C5H9O2SSn. The third-order valence-corrected chi connectivity index (χ3v) is 2.90. The number of hydrogen-bond donors (Lipinski definition) is 0. The van der Waals surface area contributed by atoms with Crippen molar-refractivity contribution in [3.63, 3.8) is 0 Å². The maximum absolute atomic E-state index is 10.5. The molecule has 0 amide bonds. The van der Waals surface area contributed by atoms with Gasteiger partial charge in [-0.3, -0.25) is 0 Å². The minimum atomic E-state index is -1.23. The standard InChI is InChI=1S/C5H9O2.S.Sn/c1-3-5(2)7-4-6;;/h5H,3H2,1-2H3;;. The number of carbonyl (C=O) groups is 1. The van der Waals surface area contributed by atoms with E-state index in [0.29, 0.717) is 0 Å². The predicted octanol–water partition coefficient (Wildman–Crippen LogP) is 1.74. The summed E-state index contributed by atoms with van der Waals surface area (Å²) in [6, 6.07) is 0. The van der Waals surface area contributed by atoms with Gasteiger partial charge in [-0.05, 0) is 0 Å². The molecule has 0 aromatic rings. The van der Waals surface area contributed by atoms with Crippen molar-refractivity contribution in [3.05, 3.63) is 0 Å². The Kier molecular flexibility index (Phi) is 5.57. The van der Waals surface area contributed by atoms with Crippen LogP contribution in [0.1, 0.15) is 20.3 Å².